The molecule has 4 rings (SSSR count). The molecule has 1 fully saturated rings. The van der Waals surface area contributed by atoms with Gasteiger partial charge in [0.15, 0.2) is 9.84 Å². The summed E-state index contributed by atoms with van der Waals surface area (Å²) in [7, 11) is -3.07. The fourth-order valence-corrected chi connectivity index (χ4v) is 6.44. The first kappa shape index (κ1) is 17.6. The molecule has 2 aromatic heterocycles. The summed E-state index contributed by atoms with van der Waals surface area (Å²) in [4.78, 5) is 21.1. The van der Waals surface area contributed by atoms with E-state index in [0.29, 0.717) is 17.8 Å². The van der Waals surface area contributed by atoms with E-state index in [-0.39, 0.29) is 23.5 Å². The van der Waals surface area contributed by atoms with Gasteiger partial charge in [-0.1, -0.05) is 6.07 Å². The van der Waals surface area contributed by atoms with Gasteiger partial charge in [-0.3, -0.25) is 9.78 Å². The summed E-state index contributed by atoms with van der Waals surface area (Å²) in [5, 5.41) is 3.32. The Morgan fingerprint density at radius 3 is 3.00 bits per heavy atom. The minimum Gasteiger partial charge on any atom is -0.330 e. The first-order valence-corrected chi connectivity index (χ1v) is 11.4. The molecule has 4 heterocycles. The van der Waals surface area contributed by atoms with Crippen molar-refractivity contribution in [3.05, 3.63) is 51.5 Å². The van der Waals surface area contributed by atoms with Gasteiger partial charge in [0.2, 0.25) is 0 Å². The number of sulfone groups is 1. The molecular formula is C18H21N3O3S2. The smallest absolute Gasteiger partial charge is 0.264 e. The standard InChI is InChI=1S/C18H21N3O3S2/c22-18(17-8-14-10-20-6-3-16(14)25-17)21(11-13-2-1-5-19-9-13)15-4-7-26(23,24)12-15/h1-2,5,8-9,15,20H,3-4,6-7,10-12H2. The zero-order valence-electron chi connectivity index (χ0n) is 14.3. The van der Waals surface area contributed by atoms with Crippen LogP contribution in [0.4, 0.5) is 0 Å². The maximum atomic E-state index is 13.3. The summed E-state index contributed by atoms with van der Waals surface area (Å²) in [6.45, 7) is 2.11. The Balaban J connectivity index is 1.63. The number of aromatic nitrogens is 1. The Morgan fingerprint density at radius 2 is 2.31 bits per heavy atom. The van der Waals surface area contributed by atoms with E-state index >= 15 is 0 Å². The lowest BCUT2D eigenvalue weighted by Crippen LogP contribution is -2.40. The van der Waals surface area contributed by atoms with Crippen LogP contribution in [0.25, 0.3) is 0 Å². The van der Waals surface area contributed by atoms with Gasteiger partial charge in [0, 0.05) is 42.9 Å². The number of fused-ring (bicyclic) bond motifs is 1. The highest BCUT2D eigenvalue weighted by atomic mass is 32.2. The molecular weight excluding hydrogens is 370 g/mol. The molecule has 0 aromatic carbocycles. The Morgan fingerprint density at radius 1 is 1.42 bits per heavy atom. The van der Waals surface area contributed by atoms with Crippen molar-refractivity contribution in [1.29, 1.82) is 0 Å². The molecule has 1 saturated heterocycles. The molecule has 1 atom stereocenters. The van der Waals surface area contributed by atoms with Gasteiger partial charge in [-0.2, -0.15) is 0 Å². The number of thiophene rings is 1. The van der Waals surface area contributed by atoms with E-state index in [4.69, 9.17) is 0 Å². The van der Waals surface area contributed by atoms with Crippen molar-refractivity contribution >= 4 is 27.1 Å². The molecule has 0 radical (unpaired) electrons. The average Bonchev–Trinajstić information content (AvgIpc) is 3.23. The predicted molar refractivity (Wildman–Crippen MR) is 101 cm³/mol. The number of rotatable bonds is 4. The van der Waals surface area contributed by atoms with Crippen LogP contribution in [0.3, 0.4) is 0 Å². The van der Waals surface area contributed by atoms with Crippen molar-refractivity contribution in [3.8, 4) is 0 Å². The van der Waals surface area contributed by atoms with Gasteiger partial charge in [-0.15, -0.1) is 11.3 Å². The normalized spacial score (nSPS) is 21.3. The molecule has 1 unspecified atom stereocenters. The van der Waals surface area contributed by atoms with Crippen molar-refractivity contribution in [1.82, 2.24) is 15.2 Å². The van der Waals surface area contributed by atoms with Crippen molar-refractivity contribution in [3.63, 3.8) is 0 Å². The molecule has 26 heavy (non-hydrogen) atoms. The highest BCUT2D eigenvalue weighted by Gasteiger charge is 2.35. The van der Waals surface area contributed by atoms with E-state index in [1.807, 2.05) is 18.2 Å². The Bertz CT molecular complexity index is 886. The van der Waals surface area contributed by atoms with Crippen LogP contribution in [0.5, 0.6) is 0 Å². The number of carbonyl (C=O) groups excluding carboxylic acids is 1. The van der Waals surface area contributed by atoms with Crippen LogP contribution in [-0.2, 0) is 29.3 Å². The monoisotopic (exact) mass is 391 g/mol. The third kappa shape index (κ3) is 3.67. The van der Waals surface area contributed by atoms with E-state index in [9.17, 15) is 13.2 Å². The quantitative estimate of drug-likeness (QED) is 0.857. The van der Waals surface area contributed by atoms with E-state index in [2.05, 4.69) is 10.3 Å². The van der Waals surface area contributed by atoms with Crippen LogP contribution >= 0.6 is 11.3 Å². The number of nitrogens with zero attached hydrogens (tertiary/aromatic N) is 2. The first-order valence-electron chi connectivity index (χ1n) is 8.74. The number of hydrogen-bond acceptors (Lipinski definition) is 6. The third-order valence-corrected chi connectivity index (χ3v) is 7.91. The average molecular weight is 392 g/mol. The van der Waals surface area contributed by atoms with Crippen LogP contribution < -0.4 is 5.32 Å². The van der Waals surface area contributed by atoms with E-state index in [0.717, 1.165) is 25.1 Å². The van der Waals surface area contributed by atoms with Crippen molar-refractivity contribution in [2.45, 2.75) is 32.0 Å². The summed E-state index contributed by atoms with van der Waals surface area (Å²) >= 11 is 1.54. The molecule has 6 nitrogen and oxygen atoms in total. The number of amides is 1. The SMILES string of the molecule is O=C(c1cc2c(s1)CCNC2)N(Cc1cccnc1)C1CCS(=O)(=O)C1. The molecule has 0 saturated carbocycles. The molecule has 0 spiro atoms. The number of hydrogen-bond donors (Lipinski definition) is 1. The summed E-state index contributed by atoms with van der Waals surface area (Å²) in [5.41, 5.74) is 2.10. The lowest BCUT2D eigenvalue weighted by molar-refractivity contribution is 0.0685. The van der Waals surface area contributed by atoms with E-state index in [1.54, 1.807) is 28.6 Å². The maximum Gasteiger partial charge on any atom is 0.264 e. The summed E-state index contributed by atoms with van der Waals surface area (Å²) in [5.74, 6) is 0.126. The Kier molecular flexibility index (Phi) is 4.81. The number of nitrogens with one attached hydrogen (secondary N) is 1. The molecule has 138 valence electrons. The molecule has 0 bridgehead atoms. The summed E-state index contributed by atoms with van der Waals surface area (Å²) < 4.78 is 23.9. The predicted octanol–water partition coefficient (Wildman–Crippen LogP) is 1.62. The van der Waals surface area contributed by atoms with Crippen LogP contribution in [0.15, 0.2) is 30.6 Å². The van der Waals surface area contributed by atoms with Gasteiger partial charge in [0.25, 0.3) is 5.91 Å². The highest BCUT2D eigenvalue weighted by molar-refractivity contribution is 7.91. The van der Waals surface area contributed by atoms with Crippen LogP contribution in [0, 0.1) is 0 Å². The third-order valence-electron chi connectivity index (χ3n) is 4.94. The van der Waals surface area contributed by atoms with Gasteiger partial charge in [-0.05, 0) is 36.1 Å². The molecule has 0 aliphatic carbocycles. The molecule has 8 heteroatoms. The fourth-order valence-electron chi connectivity index (χ4n) is 3.58. The zero-order valence-corrected chi connectivity index (χ0v) is 16.0. The van der Waals surface area contributed by atoms with Gasteiger partial charge < -0.3 is 10.2 Å². The highest BCUT2D eigenvalue weighted by Crippen LogP contribution is 2.29. The van der Waals surface area contributed by atoms with E-state index < -0.39 is 9.84 Å². The second kappa shape index (κ2) is 7.09. The Hall–Kier alpha value is -1.77. The number of carbonyl (C=O) groups is 1. The van der Waals surface area contributed by atoms with Crippen LogP contribution in [0.1, 0.15) is 32.1 Å². The second-order valence-electron chi connectivity index (χ2n) is 6.84. The van der Waals surface area contributed by atoms with Gasteiger partial charge in [0.1, 0.15) is 0 Å². The molecule has 2 aromatic rings. The maximum absolute atomic E-state index is 13.3. The van der Waals surface area contributed by atoms with Crippen molar-refractivity contribution in [2.24, 2.45) is 0 Å². The van der Waals surface area contributed by atoms with Crippen LogP contribution in [-0.4, -0.2) is 48.3 Å². The summed E-state index contributed by atoms with van der Waals surface area (Å²) in [6, 6.07) is 5.44. The van der Waals surface area contributed by atoms with Crippen molar-refractivity contribution < 1.29 is 13.2 Å². The van der Waals surface area contributed by atoms with Gasteiger partial charge in [0.05, 0.1) is 16.4 Å². The Labute approximate surface area is 157 Å². The van der Waals surface area contributed by atoms with Crippen molar-refractivity contribution in [2.75, 3.05) is 18.1 Å². The second-order valence-corrected chi connectivity index (χ2v) is 10.2. The minimum absolute atomic E-state index is 0.0473. The molecule has 2 aliphatic rings. The van der Waals surface area contributed by atoms with Gasteiger partial charge >= 0.3 is 0 Å². The topological polar surface area (TPSA) is 79.4 Å². The van der Waals surface area contributed by atoms with E-state index in [1.165, 1.54) is 10.4 Å². The zero-order chi connectivity index (χ0) is 18.1. The first-order chi connectivity index (χ1) is 12.5. The number of pyridine rings is 1. The van der Waals surface area contributed by atoms with Crippen LogP contribution in [0.2, 0.25) is 0 Å². The van der Waals surface area contributed by atoms with Gasteiger partial charge in [-0.25, -0.2) is 8.42 Å². The fraction of sp³-hybridized carbons (Fsp3) is 0.444. The minimum atomic E-state index is -3.07. The molecule has 2 aliphatic heterocycles. The largest absolute Gasteiger partial charge is 0.330 e. The lowest BCUT2D eigenvalue weighted by Gasteiger charge is -2.28. The lowest BCUT2D eigenvalue weighted by atomic mass is 10.1. The molecule has 1 amide bonds. The molecule has 1 N–H and O–H groups in total. The summed E-state index contributed by atoms with van der Waals surface area (Å²) in [6.07, 6.45) is 4.86.